The molecule has 2 heterocycles. The Hall–Kier alpha value is -3.29. The number of carbonyl (C=O) groups is 1. The first-order valence-electron chi connectivity index (χ1n) is 6.97. The van der Waals surface area contributed by atoms with Gasteiger partial charge in [0.1, 0.15) is 5.56 Å². The molecule has 0 saturated heterocycles. The van der Waals surface area contributed by atoms with E-state index in [1.54, 1.807) is 29.0 Å². The molecular weight excluding hydrogens is 314 g/mol. The Balaban J connectivity index is 2.39. The Morgan fingerprint density at radius 3 is 2.46 bits per heavy atom. The number of fused-ring (bicyclic) bond motifs is 1. The van der Waals surface area contributed by atoms with Gasteiger partial charge in [-0.25, -0.2) is 14.3 Å². The van der Waals surface area contributed by atoms with Gasteiger partial charge in [0, 0.05) is 11.8 Å². The summed E-state index contributed by atoms with van der Waals surface area (Å²) in [6.07, 6.45) is 3.21. The van der Waals surface area contributed by atoms with Crippen LogP contribution in [0, 0.1) is 0 Å². The summed E-state index contributed by atoms with van der Waals surface area (Å²) in [5, 5.41) is 13.7. The molecule has 0 unspecified atom stereocenters. The second-order valence-electron chi connectivity index (χ2n) is 4.81. The van der Waals surface area contributed by atoms with Gasteiger partial charge in [0.05, 0.1) is 33.2 Å². The monoisotopic (exact) mass is 329 g/mol. The van der Waals surface area contributed by atoms with Crippen LogP contribution in [0.1, 0.15) is 10.4 Å². The zero-order chi connectivity index (χ0) is 17.3. The Kier molecular flexibility index (Phi) is 3.95. The van der Waals surface area contributed by atoms with Gasteiger partial charge in [-0.2, -0.15) is 5.10 Å². The lowest BCUT2D eigenvalue weighted by Gasteiger charge is -2.17. The second-order valence-corrected chi connectivity index (χ2v) is 4.81. The van der Waals surface area contributed by atoms with Gasteiger partial charge in [0.2, 0.25) is 5.75 Å². The number of hydrogen-bond acceptors (Lipinski definition) is 6. The lowest BCUT2D eigenvalue weighted by atomic mass is 10.0. The van der Waals surface area contributed by atoms with Gasteiger partial charge in [-0.15, -0.1) is 0 Å². The molecule has 0 amide bonds. The van der Waals surface area contributed by atoms with E-state index in [1.165, 1.54) is 27.4 Å². The van der Waals surface area contributed by atoms with E-state index in [-0.39, 0.29) is 17.1 Å². The fraction of sp³-hybridized carbons (Fsp3) is 0.188. The third kappa shape index (κ3) is 2.28. The summed E-state index contributed by atoms with van der Waals surface area (Å²) in [4.78, 5) is 15.9. The third-order valence-electron chi connectivity index (χ3n) is 3.59. The van der Waals surface area contributed by atoms with E-state index in [0.29, 0.717) is 22.7 Å². The van der Waals surface area contributed by atoms with Crippen molar-refractivity contribution in [2.24, 2.45) is 0 Å². The summed E-state index contributed by atoms with van der Waals surface area (Å²) < 4.78 is 17.6. The van der Waals surface area contributed by atoms with Gasteiger partial charge in [-0.1, -0.05) is 0 Å². The highest BCUT2D eigenvalue weighted by atomic mass is 16.5. The third-order valence-corrected chi connectivity index (χ3v) is 3.59. The molecule has 0 atom stereocenters. The van der Waals surface area contributed by atoms with Crippen molar-refractivity contribution in [3.63, 3.8) is 0 Å². The van der Waals surface area contributed by atoms with Gasteiger partial charge in [0.15, 0.2) is 17.1 Å². The van der Waals surface area contributed by atoms with Crippen molar-refractivity contribution in [1.29, 1.82) is 0 Å². The first-order valence-corrected chi connectivity index (χ1v) is 6.97. The van der Waals surface area contributed by atoms with Crippen molar-refractivity contribution >= 4 is 11.6 Å². The molecule has 0 aliphatic rings. The van der Waals surface area contributed by atoms with Crippen molar-refractivity contribution in [2.45, 2.75) is 0 Å². The maximum Gasteiger partial charge on any atom is 0.339 e. The van der Waals surface area contributed by atoms with E-state index < -0.39 is 5.97 Å². The number of carboxylic acid groups (broad SMARTS) is 1. The van der Waals surface area contributed by atoms with Crippen LogP contribution in [0.5, 0.6) is 17.2 Å². The van der Waals surface area contributed by atoms with Crippen LogP contribution in [0.4, 0.5) is 0 Å². The molecule has 0 radical (unpaired) electrons. The number of benzene rings is 1. The number of rotatable bonds is 5. The molecule has 0 saturated carbocycles. The average Bonchev–Trinajstić information content (AvgIpc) is 3.03. The summed E-state index contributed by atoms with van der Waals surface area (Å²) in [7, 11) is 4.26. The second kappa shape index (κ2) is 6.07. The molecule has 1 aromatic carbocycles. The summed E-state index contributed by atoms with van der Waals surface area (Å²) >= 11 is 0. The lowest BCUT2D eigenvalue weighted by Crippen LogP contribution is -2.06. The fourth-order valence-electron chi connectivity index (χ4n) is 2.58. The number of aromatic nitrogens is 3. The van der Waals surface area contributed by atoms with Gasteiger partial charge in [0.25, 0.3) is 0 Å². The Labute approximate surface area is 137 Å². The quantitative estimate of drug-likeness (QED) is 0.766. The van der Waals surface area contributed by atoms with Crippen LogP contribution in [0.15, 0.2) is 30.6 Å². The number of aromatic carboxylic acids is 1. The Morgan fingerprint density at radius 2 is 1.83 bits per heavy atom. The summed E-state index contributed by atoms with van der Waals surface area (Å²) in [5.41, 5.74) is 1.64. The van der Waals surface area contributed by atoms with E-state index in [1.807, 2.05) is 0 Å². The number of methoxy groups -OCH3 is 3. The van der Waals surface area contributed by atoms with Crippen LogP contribution in [0.2, 0.25) is 0 Å². The molecule has 124 valence electrons. The summed E-state index contributed by atoms with van der Waals surface area (Å²) in [6.45, 7) is 0. The van der Waals surface area contributed by atoms with Crippen molar-refractivity contribution in [3.05, 3.63) is 36.2 Å². The van der Waals surface area contributed by atoms with Gasteiger partial charge in [-0.05, 0) is 18.2 Å². The molecule has 0 spiro atoms. The zero-order valence-corrected chi connectivity index (χ0v) is 13.3. The molecule has 24 heavy (non-hydrogen) atoms. The Bertz CT molecular complexity index is 919. The van der Waals surface area contributed by atoms with Gasteiger partial charge >= 0.3 is 5.97 Å². The molecule has 8 heteroatoms. The minimum atomic E-state index is -1.14. The molecule has 0 bridgehead atoms. The molecule has 3 aromatic rings. The number of nitrogens with zero attached hydrogens (tertiary/aromatic N) is 3. The number of ether oxygens (including phenoxy) is 3. The highest BCUT2D eigenvalue weighted by Gasteiger charge is 2.26. The standard InChI is InChI=1S/C16H15N3O5/c1-22-13-9(11-8-17-12-5-4-6-18-19(11)12)7-10(16(20)21)14(23-2)15(13)24-3/h4-8H,1-3H3,(H,20,21). The van der Waals surface area contributed by atoms with E-state index >= 15 is 0 Å². The first-order chi connectivity index (χ1) is 11.6. The van der Waals surface area contributed by atoms with Crippen LogP contribution in [-0.2, 0) is 0 Å². The minimum absolute atomic E-state index is 0.0453. The molecule has 8 nitrogen and oxygen atoms in total. The van der Waals surface area contributed by atoms with Crippen molar-refractivity contribution < 1.29 is 24.1 Å². The summed E-state index contributed by atoms with van der Waals surface area (Å²) in [5.74, 6) is -0.518. The van der Waals surface area contributed by atoms with Gasteiger partial charge in [-0.3, -0.25) is 0 Å². The SMILES string of the molecule is COc1c(C(=O)O)cc(-c2cnc3cccnn23)c(OC)c1OC. The maximum absolute atomic E-state index is 11.6. The van der Waals surface area contributed by atoms with Crippen molar-refractivity contribution in [3.8, 4) is 28.5 Å². The fourth-order valence-corrected chi connectivity index (χ4v) is 2.58. The van der Waals surface area contributed by atoms with Crippen LogP contribution in [0.25, 0.3) is 16.9 Å². The maximum atomic E-state index is 11.6. The largest absolute Gasteiger partial charge is 0.492 e. The smallest absolute Gasteiger partial charge is 0.339 e. The molecule has 0 aliphatic carbocycles. The van der Waals surface area contributed by atoms with E-state index in [4.69, 9.17) is 14.2 Å². The van der Waals surface area contributed by atoms with E-state index in [9.17, 15) is 9.90 Å². The molecule has 2 aromatic heterocycles. The van der Waals surface area contributed by atoms with Crippen LogP contribution >= 0.6 is 0 Å². The minimum Gasteiger partial charge on any atom is -0.492 e. The molecule has 1 N–H and O–H groups in total. The summed E-state index contributed by atoms with van der Waals surface area (Å²) in [6, 6.07) is 5.02. The normalized spacial score (nSPS) is 10.6. The van der Waals surface area contributed by atoms with Crippen molar-refractivity contribution in [2.75, 3.05) is 21.3 Å². The van der Waals surface area contributed by atoms with Crippen LogP contribution in [-0.4, -0.2) is 47.0 Å². The predicted molar refractivity (Wildman–Crippen MR) is 85.0 cm³/mol. The van der Waals surface area contributed by atoms with Crippen LogP contribution in [0.3, 0.4) is 0 Å². The number of hydrogen-bond donors (Lipinski definition) is 1. The van der Waals surface area contributed by atoms with E-state index in [2.05, 4.69) is 10.1 Å². The van der Waals surface area contributed by atoms with Crippen molar-refractivity contribution in [1.82, 2.24) is 14.6 Å². The molecule has 3 rings (SSSR count). The topological polar surface area (TPSA) is 95.2 Å². The lowest BCUT2D eigenvalue weighted by molar-refractivity contribution is 0.0692. The number of carboxylic acids is 1. The zero-order valence-electron chi connectivity index (χ0n) is 13.3. The first kappa shape index (κ1) is 15.6. The Morgan fingerprint density at radius 1 is 1.12 bits per heavy atom. The highest BCUT2D eigenvalue weighted by molar-refractivity contribution is 5.96. The van der Waals surface area contributed by atoms with Gasteiger partial charge < -0.3 is 19.3 Å². The molecular formula is C16H15N3O5. The molecule has 0 aliphatic heterocycles. The highest BCUT2D eigenvalue weighted by Crippen LogP contribution is 2.46. The number of imidazole rings is 1. The van der Waals surface area contributed by atoms with E-state index in [0.717, 1.165) is 0 Å². The molecule has 0 fully saturated rings. The average molecular weight is 329 g/mol. The predicted octanol–water partition coefficient (Wildman–Crippen LogP) is 2.12. The van der Waals surface area contributed by atoms with Crippen LogP contribution < -0.4 is 14.2 Å².